The Hall–Kier alpha value is -0.510. The summed E-state index contributed by atoms with van der Waals surface area (Å²) in [4.78, 5) is 13.0. The normalized spacial score (nSPS) is 15.7. The molecule has 1 heterocycles. The summed E-state index contributed by atoms with van der Waals surface area (Å²) in [5, 5.41) is 0. The Morgan fingerprint density at radius 1 is 1.53 bits per heavy atom. The largest absolute Gasteiger partial charge is 0.315 e. The molecule has 0 aromatic carbocycles. The maximum atomic E-state index is 11.9. The van der Waals surface area contributed by atoms with Crippen LogP contribution >= 0.6 is 11.3 Å². The minimum absolute atomic E-state index is 0.0174. The van der Waals surface area contributed by atoms with Gasteiger partial charge in [0, 0.05) is 34.5 Å². The number of rotatable bonds is 5. The van der Waals surface area contributed by atoms with Gasteiger partial charge in [0.15, 0.2) is 4.21 Å². The monoisotopic (exact) mass is 298 g/mol. The lowest BCUT2D eigenvalue weighted by atomic mass is 10.4. The molecule has 0 aliphatic carbocycles. The van der Waals surface area contributed by atoms with Crippen LogP contribution in [0.15, 0.2) is 9.00 Å². The van der Waals surface area contributed by atoms with Crippen molar-refractivity contribution in [2.24, 2.45) is 0 Å². The van der Waals surface area contributed by atoms with Crippen LogP contribution in [0.1, 0.15) is 12.6 Å². The summed E-state index contributed by atoms with van der Waals surface area (Å²) in [6, 6.07) is -0.442. The van der Waals surface area contributed by atoms with Crippen LogP contribution in [0, 0.1) is 6.92 Å². The molecule has 2 unspecified atom stereocenters. The Balaban J connectivity index is 2.93. The minimum Gasteiger partial charge on any atom is -0.315 e. The standard InChI is InChI=1S/C8H14N2O4S3/c1-5(4-16(3)12)10-17(13,14)7-6(2)9-8(11)15-7/h5,10H,4H2,1-3H3,(H,9,11). The topological polar surface area (TPSA) is 96.1 Å². The van der Waals surface area contributed by atoms with E-state index in [1.165, 1.54) is 13.2 Å². The van der Waals surface area contributed by atoms with E-state index < -0.39 is 31.7 Å². The predicted octanol–water partition coefficient (Wildman–Crippen LogP) is -0.210. The van der Waals surface area contributed by atoms with Gasteiger partial charge in [-0.15, -0.1) is 0 Å². The number of aromatic amines is 1. The summed E-state index contributed by atoms with van der Waals surface area (Å²) in [7, 11) is -4.79. The van der Waals surface area contributed by atoms with E-state index in [4.69, 9.17) is 0 Å². The average Bonchev–Trinajstić information content (AvgIpc) is 2.42. The van der Waals surface area contributed by atoms with Crippen molar-refractivity contribution in [2.75, 3.05) is 12.0 Å². The van der Waals surface area contributed by atoms with Crippen LogP contribution in [-0.4, -0.2) is 35.7 Å². The molecule has 9 heteroatoms. The molecular weight excluding hydrogens is 284 g/mol. The number of thiazole rings is 1. The van der Waals surface area contributed by atoms with Crippen molar-refractivity contribution in [1.82, 2.24) is 9.71 Å². The summed E-state index contributed by atoms with van der Waals surface area (Å²) >= 11 is 0.645. The van der Waals surface area contributed by atoms with Crippen LogP contribution < -0.4 is 9.60 Å². The van der Waals surface area contributed by atoms with Crippen molar-refractivity contribution in [2.45, 2.75) is 24.1 Å². The molecule has 0 aliphatic rings. The molecule has 0 amide bonds. The number of sulfonamides is 1. The van der Waals surface area contributed by atoms with E-state index in [2.05, 4.69) is 9.71 Å². The van der Waals surface area contributed by atoms with Crippen LogP contribution in [-0.2, 0) is 20.8 Å². The molecule has 0 saturated heterocycles. The maximum absolute atomic E-state index is 11.9. The molecule has 0 radical (unpaired) electrons. The van der Waals surface area contributed by atoms with Crippen LogP contribution in [0.3, 0.4) is 0 Å². The highest BCUT2D eigenvalue weighted by molar-refractivity contribution is 7.91. The van der Waals surface area contributed by atoms with E-state index in [0.717, 1.165) is 0 Å². The first-order valence-electron chi connectivity index (χ1n) is 4.74. The number of hydrogen-bond donors (Lipinski definition) is 2. The highest BCUT2D eigenvalue weighted by Crippen LogP contribution is 2.15. The van der Waals surface area contributed by atoms with Gasteiger partial charge >= 0.3 is 4.87 Å². The van der Waals surface area contributed by atoms with E-state index >= 15 is 0 Å². The number of nitrogens with one attached hydrogen (secondary N) is 2. The van der Waals surface area contributed by atoms with Crippen molar-refractivity contribution < 1.29 is 12.6 Å². The number of aryl methyl sites for hydroxylation is 1. The smallest absolute Gasteiger partial charge is 0.305 e. The summed E-state index contributed by atoms with van der Waals surface area (Å²) in [5.41, 5.74) is 0.317. The third kappa shape index (κ3) is 4.02. The zero-order chi connectivity index (χ0) is 13.2. The average molecular weight is 298 g/mol. The lowest BCUT2D eigenvalue weighted by Crippen LogP contribution is -2.36. The molecular formula is C8H14N2O4S3. The van der Waals surface area contributed by atoms with Gasteiger partial charge in [-0.05, 0) is 13.8 Å². The maximum Gasteiger partial charge on any atom is 0.305 e. The summed E-state index contributed by atoms with van der Waals surface area (Å²) in [6.45, 7) is 3.15. The third-order valence-corrected chi connectivity index (χ3v) is 6.03. The fourth-order valence-corrected chi connectivity index (χ4v) is 4.81. The van der Waals surface area contributed by atoms with Crippen LogP contribution in [0.5, 0.6) is 0 Å². The van der Waals surface area contributed by atoms with Gasteiger partial charge in [0.1, 0.15) is 0 Å². The molecule has 6 nitrogen and oxygen atoms in total. The van der Waals surface area contributed by atoms with E-state index in [9.17, 15) is 17.4 Å². The van der Waals surface area contributed by atoms with E-state index in [1.807, 2.05) is 0 Å². The SMILES string of the molecule is Cc1[nH]c(=O)sc1S(=O)(=O)NC(C)CS(C)=O. The van der Waals surface area contributed by atoms with E-state index in [-0.39, 0.29) is 9.96 Å². The zero-order valence-electron chi connectivity index (χ0n) is 9.64. The second kappa shape index (κ2) is 5.42. The van der Waals surface area contributed by atoms with Gasteiger partial charge in [0.25, 0.3) is 10.0 Å². The molecule has 2 atom stereocenters. The van der Waals surface area contributed by atoms with E-state index in [1.54, 1.807) is 6.92 Å². The van der Waals surface area contributed by atoms with Gasteiger partial charge < -0.3 is 4.98 Å². The second-order valence-corrected chi connectivity index (χ2v) is 8.06. The zero-order valence-corrected chi connectivity index (χ0v) is 12.1. The summed E-state index contributed by atoms with van der Waals surface area (Å²) < 4.78 is 37.1. The van der Waals surface area contributed by atoms with Crippen molar-refractivity contribution in [3.63, 3.8) is 0 Å². The van der Waals surface area contributed by atoms with Gasteiger partial charge in [-0.1, -0.05) is 11.3 Å². The van der Waals surface area contributed by atoms with Crippen LogP contribution in [0.4, 0.5) is 0 Å². The number of H-pyrrole nitrogens is 1. The summed E-state index contributed by atoms with van der Waals surface area (Å²) in [5.74, 6) is 0.234. The molecule has 0 bridgehead atoms. The van der Waals surface area contributed by atoms with Gasteiger partial charge in [0.05, 0.1) is 0 Å². The van der Waals surface area contributed by atoms with Gasteiger partial charge in [-0.2, -0.15) is 0 Å². The molecule has 17 heavy (non-hydrogen) atoms. The number of aromatic nitrogens is 1. The molecule has 98 valence electrons. The van der Waals surface area contributed by atoms with Crippen molar-refractivity contribution >= 4 is 32.2 Å². The molecule has 2 N–H and O–H groups in total. The van der Waals surface area contributed by atoms with Crippen molar-refractivity contribution in [3.8, 4) is 0 Å². The first kappa shape index (κ1) is 14.6. The Bertz CT molecular complexity index is 572. The van der Waals surface area contributed by atoms with Gasteiger partial charge in [0.2, 0.25) is 0 Å². The molecule has 0 saturated carbocycles. The Morgan fingerprint density at radius 3 is 2.53 bits per heavy atom. The predicted molar refractivity (Wildman–Crippen MR) is 68.4 cm³/mol. The van der Waals surface area contributed by atoms with Crippen LogP contribution in [0.25, 0.3) is 0 Å². The van der Waals surface area contributed by atoms with Gasteiger partial charge in [-0.25, -0.2) is 13.1 Å². The van der Waals surface area contributed by atoms with Crippen molar-refractivity contribution in [3.05, 3.63) is 15.4 Å². The Kier molecular flexibility index (Phi) is 4.64. The number of hydrogen-bond acceptors (Lipinski definition) is 5. The lowest BCUT2D eigenvalue weighted by molar-refractivity contribution is 0.571. The highest BCUT2D eigenvalue weighted by Gasteiger charge is 2.22. The Labute approximate surface area is 106 Å². The minimum atomic E-state index is -3.71. The fraction of sp³-hybridized carbons (Fsp3) is 0.625. The van der Waals surface area contributed by atoms with Gasteiger partial charge in [-0.3, -0.25) is 9.00 Å². The van der Waals surface area contributed by atoms with Crippen LogP contribution in [0.2, 0.25) is 0 Å². The van der Waals surface area contributed by atoms with Crippen molar-refractivity contribution in [1.29, 1.82) is 0 Å². The lowest BCUT2D eigenvalue weighted by Gasteiger charge is -2.11. The quantitative estimate of drug-likeness (QED) is 0.786. The first-order chi connectivity index (χ1) is 7.72. The highest BCUT2D eigenvalue weighted by atomic mass is 32.2. The van der Waals surface area contributed by atoms with E-state index in [0.29, 0.717) is 17.0 Å². The molecule has 1 aromatic rings. The first-order valence-corrected chi connectivity index (χ1v) is 8.77. The molecule has 1 aromatic heterocycles. The molecule has 1 rings (SSSR count). The molecule has 0 aliphatic heterocycles. The third-order valence-electron chi connectivity index (χ3n) is 1.87. The molecule has 0 fully saturated rings. The Morgan fingerprint density at radius 2 is 2.12 bits per heavy atom. The molecule has 0 spiro atoms. The second-order valence-electron chi connectivity index (χ2n) is 3.69. The summed E-state index contributed by atoms with van der Waals surface area (Å²) in [6.07, 6.45) is 1.50. The fourth-order valence-electron chi connectivity index (χ4n) is 1.35.